The third-order valence-electron chi connectivity index (χ3n) is 3.31. The smallest absolute Gasteiger partial charge is 0.246 e. The van der Waals surface area contributed by atoms with E-state index < -0.39 is 5.41 Å². The van der Waals surface area contributed by atoms with Crippen LogP contribution in [-0.4, -0.2) is 51.2 Å². The van der Waals surface area contributed by atoms with E-state index in [1.165, 1.54) is 0 Å². The Bertz CT molecular complexity index is 312. The summed E-state index contributed by atoms with van der Waals surface area (Å²) < 4.78 is 5.54. The Balaban J connectivity index is 2.22. The second kappa shape index (κ2) is 7.45. The van der Waals surface area contributed by atoms with Gasteiger partial charge in [0.15, 0.2) is 0 Å². The minimum Gasteiger partial charge on any atom is -0.368 e. The Morgan fingerprint density at radius 1 is 1.32 bits per heavy atom. The van der Waals surface area contributed by atoms with Crippen molar-refractivity contribution in [3.05, 3.63) is 0 Å². The first kappa shape index (κ1) is 15.9. The zero-order valence-electron chi connectivity index (χ0n) is 12.0. The van der Waals surface area contributed by atoms with Crippen molar-refractivity contribution in [2.75, 3.05) is 33.3 Å². The predicted octanol–water partition coefficient (Wildman–Crippen LogP) is -0.357. The molecule has 19 heavy (non-hydrogen) atoms. The maximum absolute atomic E-state index is 11.7. The predicted molar refractivity (Wildman–Crippen MR) is 72.7 cm³/mol. The molecule has 1 aliphatic rings. The molecule has 1 fully saturated rings. The molecule has 3 N–H and O–H groups in total. The van der Waals surface area contributed by atoms with Crippen LogP contribution in [-0.2, 0) is 14.3 Å². The number of rotatable bonds is 6. The molecule has 1 aliphatic heterocycles. The average molecular weight is 271 g/mol. The van der Waals surface area contributed by atoms with Crippen LogP contribution < -0.4 is 16.0 Å². The SMILES string of the molecule is CNC(=O)C(C)(C)CNC(=O)COC1CCNCC1. The van der Waals surface area contributed by atoms with E-state index >= 15 is 0 Å². The van der Waals surface area contributed by atoms with Crippen LogP contribution in [0.5, 0.6) is 0 Å². The molecule has 0 aromatic rings. The molecule has 0 saturated carbocycles. The normalized spacial score (nSPS) is 17.0. The zero-order chi connectivity index (χ0) is 14.3. The molecule has 0 aliphatic carbocycles. The van der Waals surface area contributed by atoms with Crippen molar-refractivity contribution in [1.82, 2.24) is 16.0 Å². The maximum Gasteiger partial charge on any atom is 0.246 e. The molecule has 0 radical (unpaired) electrons. The molecule has 1 rings (SSSR count). The molecule has 0 bridgehead atoms. The molecule has 110 valence electrons. The third-order valence-corrected chi connectivity index (χ3v) is 3.31. The van der Waals surface area contributed by atoms with Gasteiger partial charge >= 0.3 is 0 Å². The summed E-state index contributed by atoms with van der Waals surface area (Å²) in [6.07, 6.45) is 2.05. The van der Waals surface area contributed by atoms with Gasteiger partial charge < -0.3 is 20.7 Å². The first-order chi connectivity index (χ1) is 8.95. The lowest BCUT2D eigenvalue weighted by Gasteiger charge is -2.24. The van der Waals surface area contributed by atoms with Crippen molar-refractivity contribution >= 4 is 11.8 Å². The van der Waals surface area contributed by atoms with E-state index in [0.717, 1.165) is 25.9 Å². The van der Waals surface area contributed by atoms with E-state index in [1.807, 2.05) is 0 Å². The Labute approximate surface area is 114 Å². The van der Waals surface area contributed by atoms with Crippen molar-refractivity contribution in [2.45, 2.75) is 32.8 Å². The number of ether oxygens (including phenoxy) is 1. The van der Waals surface area contributed by atoms with E-state index in [2.05, 4.69) is 16.0 Å². The van der Waals surface area contributed by atoms with Crippen molar-refractivity contribution in [1.29, 1.82) is 0 Å². The number of carbonyl (C=O) groups excluding carboxylic acids is 2. The minimum atomic E-state index is -0.612. The second-order valence-corrected chi connectivity index (χ2v) is 5.50. The van der Waals surface area contributed by atoms with Gasteiger partial charge in [0.1, 0.15) is 6.61 Å². The van der Waals surface area contributed by atoms with Crippen LogP contribution in [0, 0.1) is 5.41 Å². The first-order valence-corrected chi connectivity index (χ1v) is 6.77. The quantitative estimate of drug-likeness (QED) is 0.616. The van der Waals surface area contributed by atoms with Crippen molar-refractivity contribution in [3.8, 4) is 0 Å². The van der Waals surface area contributed by atoms with Gasteiger partial charge in [0, 0.05) is 13.6 Å². The summed E-state index contributed by atoms with van der Waals surface area (Å²) in [5, 5.41) is 8.56. The zero-order valence-corrected chi connectivity index (χ0v) is 12.0. The number of hydrogen-bond acceptors (Lipinski definition) is 4. The van der Waals surface area contributed by atoms with E-state index in [9.17, 15) is 9.59 Å². The number of amides is 2. The lowest BCUT2D eigenvalue weighted by atomic mass is 9.92. The molecule has 0 aromatic carbocycles. The number of hydrogen-bond donors (Lipinski definition) is 3. The molecule has 1 heterocycles. The molecule has 0 aromatic heterocycles. The van der Waals surface area contributed by atoms with E-state index in [-0.39, 0.29) is 24.5 Å². The number of nitrogens with one attached hydrogen (secondary N) is 3. The Morgan fingerprint density at radius 3 is 2.53 bits per heavy atom. The molecular formula is C13H25N3O3. The van der Waals surface area contributed by atoms with Crippen LogP contribution in [0.2, 0.25) is 0 Å². The fourth-order valence-electron chi connectivity index (χ4n) is 1.94. The first-order valence-electron chi connectivity index (χ1n) is 6.77. The molecule has 0 spiro atoms. The Hall–Kier alpha value is -1.14. The average Bonchev–Trinajstić information content (AvgIpc) is 2.43. The van der Waals surface area contributed by atoms with Gasteiger partial charge in [-0.25, -0.2) is 0 Å². The fourth-order valence-corrected chi connectivity index (χ4v) is 1.94. The molecule has 0 atom stereocenters. The third kappa shape index (κ3) is 5.57. The molecule has 6 heteroatoms. The summed E-state index contributed by atoms with van der Waals surface area (Å²) in [5.41, 5.74) is -0.612. The lowest BCUT2D eigenvalue weighted by Crippen LogP contribution is -2.45. The summed E-state index contributed by atoms with van der Waals surface area (Å²) >= 11 is 0. The number of piperidine rings is 1. The largest absolute Gasteiger partial charge is 0.368 e. The monoisotopic (exact) mass is 271 g/mol. The van der Waals surface area contributed by atoms with Gasteiger partial charge in [-0.15, -0.1) is 0 Å². The molecular weight excluding hydrogens is 246 g/mol. The van der Waals surface area contributed by atoms with Crippen LogP contribution in [0.25, 0.3) is 0 Å². The summed E-state index contributed by atoms with van der Waals surface area (Å²) in [5.74, 6) is -0.261. The van der Waals surface area contributed by atoms with Crippen LogP contribution in [0.3, 0.4) is 0 Å². The number of carbonyl (C=O) groups is 2. The van der Waals surface area contributed by atoms with E-state index in [1.54, 1.807) is 20.9 Å². The van der Waals surface area contributed by atoms with Crippen molar-refractivity contribution < 1.29 is 14.3 Å². The lowest BCUT2D eigenvalue weighted by molar-refractivity contribution is -0.131. The van der Waals surface area contributed by atoms with Gasteiger partial charge in [0.05, 0.1) is 11.5 Å². The van der Waals surface area contributed by atoms with E-state index in [4.69, 9.17) is 4.74 Å². The second-order valence-electron chi connectivity index (χ2n) is 5.50. The maximum atomic E-state index is 11.7. The summed E-state index contributed by atoms with van der Waals surface area (Å²) in [6, 6.07) is 0. The van der Waals surface area contributed by atoms with Crippen molar-refractivity contribution in [3.63, 3.8) is 0 Å². The Kier molecular flexibility index (Phi) is 6.24. The summed E-state index contributed by atoms with van der Waals surface area (Å²) in [6.45, 7) is 5.83. The van der Waals surface area contributed by atoms with Crippen LogP contribution >= 0.6 is 0 Å². The van der Waals surface area contributed by atoms with Crippen LogP contribution in [0.4, 0.5) is 0 Å². The standard InChI is InChI=1S/C13H25N3O3/c1-13(2,12(18)14-3)9-16-11(17)8-19-10-4-6-15-7-5-10/h10,15H,4-9H2,1-3H3,(H,14,18)(H,16,17). The highest BCUT2D eigenvalue weighted by Crippen LogP contribution is 2.13. The van der Waals surface area contributed by atoms with Gasteiger partial charge in [-0.1, -0.05) is 0 Å². The van der Waals surface area contributed by atoms with E-state index in [0.29, 0.717) is 6.54 Å². The van der Waals surface area contributed by atoms with Crippen LogP contribution in [0.1, 0.15) is 26.7 Å². The van der Waals surface area contributed by atoms with Crippen molar-refractivity contribution in [2.24, 2.45) is 5.41 Å². The Morgan fingerprint density at radius 2 is 1.95 bits per heavy atom. The highest BCUT2D eigenvalue weighted by atomic mass is 16.5. The van der Waals surface area contributed by atoms with Gasteiger partial charge in [-0.3, -0.25) is 9.59 Å². The van der Waals surface area contributed by atoms with Gasteiger partial charge in [0.25, 0.3) is 0 Å². The highest BCUT2D eigenvalue weighted by molar-refractivity contribution is 5.83. The molecule has 2 amide bonds. The van der Waals surface area contributed by atoms with Gasteiger partial charge in [-0.2, -0.15) is 0 Å². The fraction of sp³-hybridized carbons (Fsp3) is 0.846. The van der Waals surface area contributed by atoms with Crippen LogP contribution in [0.15, 0.2) is 0 Å². The minimum absolute atomic E-state index is 0.0640. The summed E-state index contributed by atoms with van der Waals surface area (Å²) in [7, 11) is 1.59. The highest BCUT2D eigenvalue weighted by Gasteiger charge is 2.27. The molecule has 6 nitrogen and oxygen atoms in total. The van der Waals surface area contributed by atoms with Gasteiger partial charge in [-0.05, 0) is 39.8 Å². The summed E-state index contributed by atoms with van der Waals surface area (Å²) in [4.78, 5) is 23.2. The van der Waals surface area contributed by atoms with Gasteiger partial charge in [0.2, 0.25) is 11.8 Å². The molecule has 0 unspecified atom stereocenters. The molecule has 1 saturated heterocycles. The topological polar surface area (TPSA) is 79.5 Å².